The number of amides is 1. The molecule has 2 N–H and O–H groups in total. The van der Waals surface area contributed by atoms with Crippen LogP contribution in [-0.2, 0) is 6.54 Å². The van der Waals surface area contributed by atoms with Crippen LogP contribution in [0.15, 0.2) is 47.1 Å². The summed E-state index contributed by atoms with van der Waals surface area (Å²) in [5, 5.41) is 0. The molecule has 0 atom stereocenters. The molecule has 1 saturated carbocycles. The number of nitrogens with zero attached hydrogens (tertiary/aromatic N) is 1. The smallest absolute Gasteiger partial charge is 0.261 e. The van der Waals surface area contributed by atoms with E-state index in [0.717, 1.165) is 12.2 Å². The molecule has 1 heterocycles. The highest BCUT2D eigenvalue weighted by molar-refractivity contribution is 6.06. The monoisotopic (exact) mass is 284 g/mol. The second kappa shape index (κ2) is 6.14. The lowest BCUT2D eigenvalue weighted by Crippen LogP contribution is -2.37. The summed E-state index contributed by atoms with van der Waals surface area (Å²) in [7, 11) is 0. The van der Waals surface area contributed by atoms with Gasteiger partial charge in [-0.1, -0.05) is 24.6 Å². The Kier molecular flexibility index (Phi) is 4.06. The first-order valence-corrected chi connectivity index (χ1v) is 7.42. The second-order valence-electron chi connectivity index (χ2n) is 5.55. The molecule has 1 aliphatic rings. The zero-order valence-electron chi connectivity index (χ0n) is 12.0. The molecule has 0 spiro atoms. The number of anilines is 1. The maximum Gasteiger partial charge on any atom is 0.261 e. The molecule has 1 aromatic heterocycles. The fraction of sp³-hybridized carbons (Fsp3) is 0.353. The van der Waals surface area contributed by atoms with Crippen molar-refractivity contribution in [3.63, 3.8) is 0 Å². The highest BCUT2D eigenvalue weighted by Gasteiger charge is 2.26. The Morgan fingerprint density at radius 3 is 2.62 bits per heavy atom. The van der Waals surface area contributed by atoms with Crippen LogP contribution in [0.3, 0.4) is 0 Å². The lowest BCUT2D eigenvalue weighted by molar-refractivity contribution is 0.0977. The molecule has 0 bridgehead atoms. The molecule has 1 aliphatic carbocycles. The molecule has 1 aromatic carbocycles. The Morgan fingerprint density at radius 1 is 1.29 bits per heavy atom. The van der Waals surface area contributed by atoms with Crippen LogP contribution in [0.2, 0.25) is 0 Å². The van der Waals surface area contributed by atoms with Gasteiger partial charge in [-0.05, 0) is 37.0 Å². The van der Waals surface area contributed by atoms with Gasteiger partial charge < -0.3 is 15.1 Å². The van der Waals surface area contributed by atoms with Crippen LogP contribution < -0.4 is 10.6 Å². The Labute approximate surface area is 124 Å². The topological polar surface area (TPSA) is 59.5 Å². The molecule has 1 amide bonds. The first-order chi connectivity index (χ1) is 10.3. The molecule has 4 heteroatoms. The van der Waals surface area contributed by atoms with Gasteiger partial charge in [-0.15, -0.1) is 0 Å². The van der Waals surface area contributed by atoms with Gasteiger partial charge in [0.25, 0.3) is 5.91 Å². The molecule has 3 rings (SSSR count). The molecule has 0 saturated heterocycles. The largest absolute Gasteiger partial charge is 0.467 e. The van der Waals surface area contributed by atoms with E-state index in [1.165, 1.54) is 25.5 Å². The summed E-state index contributed by atoms with van der Waals surface area (Å²) in [6.07, 6.45) is 5.18. The van der Waals surface area contributed by atoms with Crippen molar-refractivity contribution in [2.24, 2.45) is 11.7 Å². The minimum atomic E-state index is -0.0171. The van der Waals surface area contributed by atoms with E-state index in [2.05, 4.69) is 0 Å². The normalized spacial score (nSPS) is 14.7. The fourth-order valence-corrected chi connectivity index (χ4v) is 2.60. The van der Waals surface area contributed by atoms with Gasteiger partial charge in [-0.25, -0.2) is 0 Å². The first-order valence-electron chi connectivity index (χ1n) is 7.42. The van der Waals surface area contributed by atoms with Crippen molar-refractivity contribution in [3.8, 4) is 0 Å². The van der Waals surface area contributed by atoms with Crippen molar-refractivity contribution in [3.05, 3.63) is 54.0 Å². The maximum atomic E-state index is 12.8. The van der Waals surface area contributed by atoms with Crippen molar-refractivity contribution in [2.75, 3.05) is 11.4 Å². The van der Waals surface area contributed by atoms with Crippen LogP contribution in [0.5, 0.6) is 0 Å². The van der Waals surface area contributed by atoms with Crippen LogP contribution in [0.4, 0.5) is 5.69 Å². The Bertz CT molecular complexity index is 602. The number of carbonyl (C=O) groups excluding carboxylic acids is 1. The highest BCUT2D eigenvalue weighted by atomic mass is 16.3. The third-order valence-electron chi connectivity index (χ3n) is 4.08. The molecular formula is C17H20N2O2. The molecule has 0 aliphatic heterocycles. The van der Waals surface area contributed by atoms with Gasteiger partial charge in [0, 0.05) is 12.2 Å². The summed E-state index contributed by atoms with van der Waals surface area (Å²) >= 11 is 0. The zero-order valence-corrected chi connectivity index (χ0v) is 12.0. The standard InChI is InChI=1S/C17H20N2O2/c18-10-16-9-14(12-21-16)17(20)19(11-13-5-4-6-13)15-7-2-1-3-8-15/h1-3,7-9,12-13H,4-6,10-11,18H2. The molecule has 2 aromatic rings. The lowest BCUT2D eigenvalue weighted by Gasteiger charge is -2.32. The van der Waals surface area contributed by atoms with Crippen LogP contribution in [-0.4, -0.2) is 12.5 Å². The minimum Gasteiger partial charge on any atom is -0.467 e. The van der Waals surface area contributed by atoms with E-state index in [1.54, 1.807) is 6.07 Å². The molecular weight excluding hydrogens is 264 g/mol. The Morgan fingerprint density at radius 2 is 2.05 bits per heavy atom. The van der Waals surface area contributed by atoms with Gasteiger partial charge >= 0.3 is 0 Å². The van der Waals surface area contributed by atoms with E-state index >= 15 is 0 Å². The van der Waals surface area contributed by atoms with Gasteiger partial charge in [0.15, 0.2) is 0 Å². The van der Waals surface area contributed by atoms with Gasteiger partial charge in [-0.2, -0.15) is 0 Å². The Hall–Kier alpha value is -2.07. The number of para-hydroxylation sites is 1. The molecule has 0 radical (unpaired) electrons. The summed E-state index contributed by atoms with van der Waals surface area (Å²) in [6, 6.07) is 11.5. The molecule has 110 valence electrons. The lowest BCUT2D eigenvalue weighted by atomic mass is 9.85. The highest BCUT2D eigenvalue weighted by Crippen LogP contribution is 2.30. The average Bonchev–Trinajstić information content (AvgIpc) is 2.95. The van der Waals surface area contributed by atoms with Crippen LogP contribution in [0.25, 0.3) is 0 Å². The van der Waals surface area contributed by atoms with E-state index in [1.807, 2.05) is 35.2 Å². The number of nitrogens with two attached hydrogens (primary N) is 1. The predicted molar refractivity (Wildman–Crippen MR) is 82.1 cm³/mol. The van der Waals surface area contributed by atoms with Gasteiger partial charge in [-0.3, -0.25) is 4.79 Å². The van der Waals surface area contributed by atoms with E-state index in [-0.39, 0.29) is 5.91 Å². The summed E-state index contributed by atoms with van der Waals surface area (Å²) in [5.74, 6) is 1.22. The number of hydrogen-bond donors (Lipinski definition) is 1. The predicted octanol–water partition coefficient (Wildman–Crippen LogP) is 3.19. The second-order valence-corrected chi connectivity index (χ2v) is 5.55. The number of carbonyl (C=O) groups is 1. The van der Waals surface area contributed by atoms with Crippen LogP contribution in [0, 0.1) is 5.92 Å². The summed E-state index contributed by atoms with van der Waals surface area (Å²) in [5.41, 5.74) is 7.05. The van der Waals surface area contributed by atoms with Gasteiger partial charge in [0.2, 0.25) is 0 Å². The summed E-state index contributed by atoms with van der Waals surface area (Å²) in [6.45, 7) is 1.08. The van der Waals surface area contributed by atoms with E-state index in [4.69, 9.17) is 10.2 Å². The first kappa shape index (κ1) is 13.9. The molecule has 0 unspecified atom stereocenters. The van der Waals surface area contributed by atoms with Gasteiger partial charge in [0.05, 0.1) is 12.1 Å². The minimum absolute atomic E-state index is 0.0171. The SMILES string of the molecule is NCc1cc(C(=O)N(CC2CCC2)c2ccccc2)co1. The van der Waals surface area contributed by atoms with Crippen molar-refractivity contribution < 1.29 is 9.21 Å². The number of benzene rings is 1. The molecule has 4 nitrogen and oxygen atoms in total. The zero-order chi connectivity index (χ0) is 14.7. The fourth-order valence-electron chi connectivity index (χ4n) is 2.60. The molecule has 1 fully saturated rings. The van der Waals surface area contributed by atoms with Crippen molar-refractivity contribution in [1.82, 2.24) is 0 Å². The van der Waals surface area contributed by atoms with Crippen LogP contribution >= 0.6 is 0 Å². The third-order valence-corrected chi connectivity index (χ3v) is 4.08. The van der Waals surface area contributed by atoms with Crippen molar-refractivity contribution in [1.29, 1.82) is 0 Å². The van der Waals surface area contributed by atoms with Crippen molar-refractivity contribution >= 4 is 11.6 Å². The Balaban J connectivity index is 1.84. The number of furan rings is 1. The van der Waals surface area contributed by atoms with E-state index in [0.29, 0.717) is 23.8 Å². The summed E-state index contributed by atoms with van der Waals surface area (Å²) in [4.78, 5) is 14.6. The van der Waals surface area contributed by atoms with E-state index in [9.17, 15) is 4.79 Å². The molecule has 21 heavy (non-hydrogen) atoms. The number of rotatable bonds is 5. The third kappa shape index (κ3) is 3.00. The summed E-state index contributed by atoms with van der Waals surface area (Å²) < 4.78 is 5.29. The number of hydrogen-bond acceptors (Lipinski definition) is 3. The average molecular weight is 284 g/mol. The van der Waals surface area contributed by atoms with Crippen LogP contribution in [0.1, 0.15) is 35.4 Å². The quantitative estimate of drug-likeness (QED) is 0.917. The maximum absolute atomic E-state index is 12.8. The van der Waals surface area contributed by atoms with Crippen molar-refractivity contribution in [2.45, 2.75) is 25.8 Å². The van der Waals surface area contributed by atoms with Gasteiger partial charge in [0.1, 0.15) is 12.0 Å². The van der Waals surface area contributed by atoms with E-state index < -0.39 is 0 Å².